The first kappa shape index (κ1) is 20.7. The fraction of sp³-hybridized carbons (Fsp3) is 0.227. The van der Waals surface area contributed by atoms with E-state index in [1.807, 2.05) is 48.0 Å². The summed E-state index contributed by atoms with van der Waals surface area (Å²) in [6, 6.07) is 15.9. The molecule has 0 aliphatic heterocycles. The van der Waals surface area contributed by atoms with Crippen molar-refractivity contribution in [1.82, 2.24) is 14.8 Å². The number of thioether (sulfide) groups is 1. The molecule has 0 amide bonds. The van der Waals surface area contributed by atoms with Crippen molar-refractivity contribution in [3.05, 3.63) is 75.7 Å². The van der Waals surface area contributed by atoms with Crippen molar-refractivity contribution in [2.45, 2.75) is 24.3 Å². The molecule has 30 heavy (non-hydrogen) atoms. The van der Waals surface area contributed by atoms with Crippen LogP contribution in [-0.4, -0.2) is 27.3 Å². The van der Waals surface area contributed by atoms with Crippen LogP contribution in [0.25, 0.3) is 11.0 Å². The first-order valence-electron chi connectivity index (χ1n) is 9.50. The molecule has 0 fully saturated rings. The molecule has 0 saturated heterocycles. The normalized spacial score (nSPS) is 11.2. The predicted molar refractivity (Wildman–Crippen MR) is 120 cm³/mol. The lowest BCUT2D eigenvalue weighted by atomic mass is 10.1. The highest BCUT2D eigenvalue weighted by Gasteiger charge is 2.23. The number of aromatic nitrogens is 3. The first-order valence-corrected chi connectivity index (χ1v) is 11.3. The Morgan fingerprint density at radius 1 is 1.20 bits per heavy atom. The zero-order chi connectivity index (χ0) is 21.1. The summed E-state index contributed by atoms with van der Waals surface area (Å²) in [4.78, 5) is 12.4. The van der Waals surface area contributed by atoms with Gasteiger partial charge in [0.2, 0.25) is 5.76 Å². The fourth-order valence-electron chi connectivity index (χ4n) is 3.17. The highest BCUT2D eigenvalue weighted by atomic mass is 79.9. The van der Waals surface area contributed by atoms with Crippen molar-refractivity contribution in [3.8, 4) is 0 Å². The second-order valence-electron chi connectivity index (χ2n) is 6.68. The number of nitrogens with zero attached hydrogens (tertiary/aromatic N) is 3. The molecule has 2 aromatic carbocycles. The Hall–Kier alpha value is -2.58. The molecule has 0 unspecified atom stereocenters. The number of hydrogen-bond donors (Lipinski definition) is 0. The zero-order valence-electron chi connectivity index (χ0n) is 16.6. The van der Waals surface area contributed by atoms with E-state index in [2.05, 4.69) is 38.3 Å². The van der Waals surface area contributed by atoms with E-state index in [0.29, 0.717) is 17.8 Å². The summed E-state index contributed by atoms with van der Waals surface area (Å²) in [6.45, 7) is 2.07. The summed E-state index contributed by atoms with van der Waals surface area (Å²) in [5, 5.41) is 10.3. The fourth-order valence-corrected chi connectivity index (χ4v) is 4.48. The van der Waals surface area contributed by atoms with Crippen LogP contribution in [0.2, 0.25) is 0 Å². The molecule has 0 aliphatic rings. The van der Waals surface area contributed by atoms with Gasteiger partial charge in [-0.3, -0.25) is 0 Å². The van der Waals surface area contributed by atoms with Gasteiger partial charge in [0.05, 0.1) is 6.61 Å². The van der Waals surface area contributed by atoms with Crippen molar-refractivity contribution in [3.63, 3.8) is 0 Å². The van der Waals surface area contributed by atoms with Crippen molar-refractivity contribution < 1.29 is 13.9 Å². The summed E-state index contributed by atoms with van der Waals surface area (Å²) < 4.78 is 13.9. The topological polar surface area (TPSA) is 70.2 Å². The summed E-state index contributed by atoms with van der Waals surface area (Å²) >= 11 is 5.01. The molecular weight excluding hydrogens is 466 g/mol. The Morgan fingerprint density at radius 3 is 2.77 bits per heavy atom. The smallest absolute Gasteiger partial charge is 0.374 e. The van der Waals surface area contributed by atoms with Crippen LogP contribution in [0.4, 0.5) is 0 Å². The molecule has 2 heterocycles. The Labute approximate surface area is 186 Å². The van der Waals surface area contributed by atoms with E-state index >= 15 is 0 Å². The number of benzene rings is 2. The Balaban J connectivity index is 1.60. The summed E-state index contributed by atoms with van der Waals surface area (Å²) in [5.41, 5.74) is 2.63. The number of ether oxygens (including phenoxy) is 1. The van der Waals surface area contributed by atoms with E-state index in [1.54, 1.807) is 6.92 Å². The molecule has 2 aromatic heterocycles. The number of carbonyl (C=O) groups excluding carboxylic acids is 1. The monoisotopic (exact) mass is 485 g/mol. The maximum atomic E-state index is 12.4. The highest BCUT2D eigenvalue weighted by molar-refractivity contribution is 9.10. The molecule has 0 radical (unpaired) electrons. The second kappa shape index (κ2) is 9.06. The van der Waals surface area contributed by atoms with Gasteiger partial charge in [0.1, 0.15) is 11.4 Å². The van der Waals surface area contributed by atoms with Gasteiger partial charge < -0.3 is 13.7 Å². The minimum atomic E-state index is -0.455. The van der Waals surface area contributed by atoms with E-state index in [9.17, 15) is 4.79 Å². The van der Waals surface area contributed by atoms with Crippen LogP contribution in [0, 0.1) is 0 Å². The van der Waals surface area contributed by atoms with Gasteiger partial charge in [0.15, 0.2) is 5.16 Å². The number of rotatable bonds is 7. The van der Waals surface area contributed by atoms with Gasteiger partial charge in [0, 0.05) is 34.6 Å². The molecule has 0 spiro atoms. The molecule has 6 nitrogen and oxygen atoms in total. The lowest BCUT2D eigenvalue weighted by Gasteiger charge is -2.05. The molecule has 0 aliphatic carbocycles. The number of carbonyl (C=O) groups is 1. The van der Waals surface area contributed by atoms with E-state index in [-0.39, 0.29) is 12.4 Å². The molecule has 4 aromatic rings. The van der Waals surface area contributed by atoms with Crippen LogP contribution in [0.5, 0.6) is 0 Å². The molecule has 0 saturated carbocycles. The molecular formula is C22H20BrN3O3S. The van der Waals surface area contributed by atoms with Gasteiger partial charge in [-0.25, -0.2) is 4.79 Å². The molecule has 4 rings (SSSR count). The van der Waals surface area contributed by atoms with Gasteiger partial charge in [0.25, 0.3) is 0 Å². The quantitative estimate of drug-likeness (QED) is 0.258. The second-order valence-corrected chi connectivity index (χ2v) is 8.54. The average Bonchev–Trinajstić information content (AvgIpc) is 3.28. The van der Waals surface area contributed by atoms with E-state index in [1.165, 1.54) is 17.3 Å². The van der Waals surface area contributed by atoms with Gasteiger partial charge >= 0.3 is 5.97 Å². The molecule has 0 atom stereocenters. The van der Waals surface area contributed by atoms with Crippen LogP contribution in [-0.2, 0) is 24.0 Å². The van der Waals surface area contributed by atoms with Crippen molar-refractivity contribution in [2.75, 3.05) is 6.61 Å². The maximum Gasteiger partial charge on any atom is 0.374 e. The third-order valence-corrected chi connectivity index (χ3v) is 6.23. The Morgan fingerprint density at radius 2 is 2.00 bits per heavy atom. The zero-order valence-corrected chi connectivity index (χ0v) is 19.0. The Bertz CT molecular complexity index is 1190. The van der Waals surface area contributed by atoms with Gasteiger partial charge in [-0.15, -0.1) is 10.2 Å². The van der Waals surface area contributed by atoms with Gasteiger partial charge in [-0.2, -0.15) is 0 Å². The minimum Gasteiger partial charge on any atom is -0.460 e. The van der Waals surface area contributed by atoms with Crippen molar-refractivity contribution in [2.24, 2.45) is 7.05 Å². The number of halogens is 1. The molecule has 0 bridgehead atoms. The molecule has 8 heteroatoms. The summed E-state index contributed by atoms with van der Waals surface area (Å²) in [7, 11) is 1.96. The number of furan rings is 1. The third kappa shape index (κ3) is 4.29. The summed E-state index contributed by atoms with van der Waals surface area (Å²) in [6.07, 6.45) is 0.709. The standard InChI is InChI=1S/C22H20BrN3O3S/c1-3-28-21(27)20-17(16-12-15(23)9-10-18(16)29-20)13-30-22-25-24-19(26(22)2)11-14-7-5-4-6-8-14/h4-10,12H,3,11,13H2,1-2H3. The largest absolute Gasteiger partial charge is 0.460 e. The van der Waals surface area contributed by atoms with Crippen LogP contribution >= 0.6 is 27.7 Å². The molecule has 154 valence electrons. The van der Waals surface area contributed by atoms with Gasteiger partial charge in [-0.1, -0.05) is 58.0 Å². The minimum absolute atomic E-state index is 0.240. The molecule has 0 N–H and O–H groups in total. The SMILES string of the molecule is CCOC(=O)c1oc2ccc(Br)cc2c1CSc1nnc(Cc2ccccc2)n1C. The third-order valence-electron chi connectivity index (χ3n) is 4.69. The first-order chi connectivity index (χ1) is 14.6. The van der Waals surface area contributed by atoms with Crippen molar-refractivity contribution in [1.29, 1.82) is 0 Å². The highest BCUT2D eigenvalue weighted by Crippen LogP contribution is 2.33. The van der Waals surface area contributed by atoms with E-state index in [0.717, 1.165) is 26.4 Å². The van der Waals surface area contributed by atoms with E-state index in [4.69, 9.17) is 9.15 Å². The van der Waals surface area contributed by atoms with E-state index < -0.39 is 5.97 Å². The number of hydrogen-bond acceptors (Lipinski definition) is 6. The average molecular weight is 486 g/mol. The predicted octanol–water partition coefficient (Wildman–Crippen LogP) is 5.38. The van der Waals surface area contributed by atoms with Crippen LogP contribution in [0.1, 0.15) is 34.4 Å². The Kier molecular flexibility index (Phi) is 6.24. The lowest BCUT2D eigenvalue weighted by Crippen LogP contribution is -2.06. The van der Waals surface area contributed by atoms with Crippen molar-refractivity contribution >= 4 is 44.6 Å². The maximum absolute atomic E-state index is 12.4. The van der Waals surface area contributed by atoms with Crippen LogP contribution in [0.3, 0.4) is 0 Å². The van der Waals surface area contributed by atoms with Crippen LogP contribution < -0.4 is 0 Å². The number of esters is 1. The van der Waals surface area contributed by atoms with Gasteiger partial charge in [-0.05, 0) is 30.7 Å². The summed E-state index contributed by atoms with van der Waals surface area (Å²) in [5.74, 6) is 1.18. The van der Waals surface area contributed by atoms with Crippen LogP contribution in [0.15, 0.2) is 62.6 Å². The number of fused-ring (bicyclic) bond motifs is 1. The lowest BCUT2D eigenvalue weighted by molar-refractivity contribution is 0.0491.